The van der Waals surface area contributed by atoms with Crippen LogP contribution in [0.3, 0.4) is 0 Å². The summed E-state index contributed by atoms with van der Waals surface area (Å²) in [5, 5.41) is 42.0. The van der Waals surface area contributed by atoms with Crippen LogP contribution in [0.25, 0.3) is 16.8 Å². The van der Waals surface area contributed by atoms with E-state index >= 15 is 0 Å². The van der Waals surface area contributed by atoms with E-state index in [2.05, 4.69) is 70.3 Å². The molecule has 4 atom stereocenters. The van der Waals surface area contributed by atoms with Crippen LogP contribution >= 0.6 is 0 Å². The van der Waals surface area contributed by atoms with Gasteiger partial charge in [0.2, 0.25) is 0 Å². The van der Waals surface area contributed by atoms with Gasteiger partial charge < -0.3 is 29.9 Å². The zero-order chi connectivity index (χ0) is 32.9. The molecule has 0 amide bonds. The summed E-state index contributed by atoms with van der Waals surface area (Å²) < 4.78 is 6.35. The van der Waals surface area contributed by atoms with Gasteiger partial charge in [0, 0.05) is 61.4 Å². The molecule has 0 saturated carbocycles. The zero-order valence-electron chi connectivity index (χ0n) is 26.9. The fourth-order valence-corrected chi connectivity index (χ4v) is 7.36. The number of nitrogens with zero attached hydrogens (tertiary/aromatic N) is 7. The highest BCUT2D eigenvalue weighted by Crippen LogP contribution is 2.36. The molecule has 11 nitrogen and oxygen atoms in total. The van der Waals surface area contributed by atoms with E-state index in [1.165, 1.54) is 11.5 Å². The fraction of sp³-hybridized carbons (Fsp3) is 0.472. The maximum absolute atomic E-state index is 10.6. The molecule has 248 valence electrons. The number of ether oxygens (including phenoxy) is 1. The van der Waals surface area contributed by atoms with Gasteiger partial charge in [0.1, 0.15) is 18.7 Å². The van der Waals surface area contributed by atoms with Crippen molar-refractivity contribution in [2.75, 3.05) is 62.3 Å². The quantitative estimate of drug-likeness (QED) is 0.253. The summed E-state index contributed by atoms with van der Waals surface area (Å²) in [5.41, 5.74) is 4.22. The second-order valence-electron chi connectivity index (χ2n) is 12.6. The van der Waals surface area contributed by atoms with E-state index in [1.54, 1.807) is 0 Å². The second-order valence-corrected chi connectivity index (χ2v) is 12.6. The van der Waals surface area contributed by atoms with E-state index in [9.17, 15) is 20.6 Å². The number of β-amino-alcohol motifs (C(OH)–C–C–N with tert-alkyl or cyclic N) is 1. The highest BCUT2D eigenvalue weighted by Gasteiger charge is 2.34. The number of hydrogen-bond acceptors (Lipinski definition) is 11. The van der Waals surface area contributed by atoms with Crippen molar-refractivity contribution < 1.29 is 20.1 Å². The molecule has 3 aromatic rings. The topological polar surface area (TPSA) is 132 Å². The first-order valence-electron chi connectivity index (χ1n) is 16.6. The van der Waals surface area contributed by atoms with Crippen LogP contribution in [-0.4, -0.2) is 112 Å². The molecule has 0 spiro atoms. The van der Waals surface area contributed by atoms with Crippen molar-refractivity contribution in [3.05, 3.63) is 72.5 Å². The van der Waals surface area contributed by atoms with Crippen LogP contribution in [0.5, 0.6) is 6.01 Å². The number of benzene rings is 2. The van der Waals surface area contributed by atoms with Gasteiger partial charge in [-0.2, -0.15) is 15.2 Å². The van der Waals surface area contributed by atoms with Crippen LogP contribution in [0.2, 0.25) is 0 Å². The molecular formula is C36H45N7O4. The summed E-state index contributed by atoms with van der Waals surface area (Å²) in [6.45, 7) is 12.3. The Labute approximate surface area is 276 Å². The normalized spacial score (nSPS) is 21.7. The summed E-state index contributed by atoms with van der Waals surface area (Å²) in [5.74, 6) is 0.823. The highest BCUT2D eigenvalue weighted by atomic mass is 16.5. The average molecular weight is 640 g/mol. The minimum atomic E-state index is -0.817. The first-order valence-corrected chi connectivity index (χ1v) is 16.6. The highest BCUT2D eigenvalue weighted by molar-refractivity contribution is 6.00. The summed E-state index contributed by atoms with van der Waals surface area (Å²) in [4.78, 5) is 18.7. The van der Waals surface area contributed by atoms with Crippen LogP contribution < -0.4 is 14.5 Å². The molecule has 2 fully saturated rings. The Morgan fingerprint density at radius 1 is 1.04 bits per heavy atom. The van der Waals surface area contributed by atoms with Crippen LogP contribution in [0.4, 0.5) is 11.5 Å². The maximum atomic E-state index is 10.6. The Morgan fingerprint density at radius 2 is 1.87 bits per heavy atom. The Kier molecular flexibility index (Phi) is 10.3. The molecule has 0 bridgehead atoms. The van der Waals surface area contributed by atoms with Gasteiger partial charge in [-0.25, -0.2) is 0 Å². The fourth-order valence-electron chi connectivity index (χ4n) is 7.36. The second kappa shape index (κ2) is 14.8. The lowest BCUT2D eigenvalue weighted by Crippen LogP contribution is -2.56. The number of aromatic nitrogens is 2. The molecule has 2 aromatic carbocycles. The van der Waals surface area contributed by atoms with Crippen molar-refractivity contribution in [3.8, 4) is 12.1 Å². The molecule has 11 heteroatoms. The predicted molar refractivity (Wildman–Crippen MR) is 183 cm³/mol. The van der Waals surface area contributed by atoms with Crippen molar-refractivity contribution in [1.29, 1.82) is 5.26 Å². The molecule has 2 saturated heterocycles. The summed E-state index contributed by atoms with van der Waals surface area (Å²) in [6, 6.07) is 15.2. The maximum Gasteiger partial charge on any atom is 0.318 e. The summed E-state index contributed by atoms with van der Waals surface area (Å²) >= 11 is 0. The average Bonchev–Trinajstić information content (AvgIpc) is 3.55. The van der Waals surface area contributed by atoms with Gasteiger partial charge in [-0.05, 0) is 48.9 Å². The van der Waals surface area contributed by atoms with Crippen LogP contribution in [0.1, 0.15) is 36.1 Å². The Bertz CT molecular complexity index is 1620. The largest absolute Gasteiger partial charge is 0.462 e. The first kappa shape index (κ1) is 32.9. The van der Waals surface area contributed by atoms with Crippen LogP contribution in [0, 0.1) is 11.3 Å². The lowest BCUT2D eigenvalue weighted by molar-refractivity contribution is 0.00430. The van der Waals surface area contributed by atoms with E-state index in [1.807, 2.05) is 11.0 Å². The Morgan fingerprint density at radius 3 is 2.64 bits per heavy atom. The number of aliphatic hydroxyl groups is 3. The standard InChI is InChI=1S/C36H45N7O4/c1-3-25-8-5-9-26-10-6-12-32(34(25)26)41-17-14-30-31(22-41)38-36(47-24-28-11-7-16-40(28)21-29(45)23-44)39-35(30)42-18-19-43(33(46)4-2)27(20-42)13-15-37/h3-6,8-10,12,27-29,33,44-46H,1-2,7,11,13-14,16-24H2/t27-,28-,29?,33?/m0/s1. The van der Waals surface area contributed by atoms with Gasteiger partial charge in [0.05, 0.1) is 37.4 Å². The van der Waals surface area contributed by atoms with Gasteiger partial charge in [0.15, 0.2) is 0 Å². The molecule has 47 heavy (non-hydrogen) atoms. The van der Waals surface area contributed by atoms with Crippen molar-refractivity contribution >= 4 is 28.4 Å². The number of hydrogen-bond donors (Lipinski definition) is 3. The summed E-state index contributed by atoms with van der Waals surface area (Å²) in [7, 11) is 0. The molecule has 1 aromatic heterocycles. The number of rotatable bonds is 12. The number of likely N-dealkylation sites (tertiary alicyclic amines) is 1. The molecule has 0 radical (unpaired) electrons. The third-order valence-electron chi connectivity index (χ3n) is 9.76. The van der Waals surface area contributed by atoms with Gasteiger partial charge in [-0.1, -0.05) is 49.6 Å². The first-order chi connectivity index (χ1) is 22.9. The monoisotopic (exact) mass is 639 g/mol. The molecule has 3 N–H and O–H groups in total. The molecule has 2 unspecified atom stereocenters. The lowest BCUT2D eigenvalue weighted by atomic mass is 9.99. The number of fused-ring (bicyclic) bond motifs is 2. The van der Waals surface area contributed by atoms with Crippen molar-refractivity contribution in [3.63, 3.8) is 0 Å². The molecule has 3 aliphatic heterocycles. The summed E-state index contributed by atoms with van der Waals surface area (Å²) in [6.07, 6.45) is 4.75. The van der Waals surface area contributed by atoms with Crippen LogP contribution in [-0.2, 0) is 13.0 Å². The van der Waals surface area contributed by atoms with Crippen molar-refractivity contribution in [2.45, 2.75) is 56.6 Å². The SMILES string of the molecule is C=Cc1cccc2cccc(N3CCc4c(nc(OC[C@@H]5CCCN5CC(O)CO)nc4N4CCN(C(O)C=C)[C@@H](CC#N)C4)C3)c12. The lowest BCUT2D eigenvalue weighted by Gasteiger charge is -2.43. The van der Waals surface area contributed by atoms with Gasteiger partial charge >= 0.3 is 6.01 Å². The number of anilines is 2. The van der Waals surface area contributed by atoms with E-state index in [0.29, 0.717) is 45.3 Å². The third kappa shape index (κ3) is 6.98. The van der Waals surface area contributed by atoms with Gasteiger partial charge in [-0.15, -0.1) is 0 Å². The smallest absolute Gasteiger partial charge is 0.318 e. The number of piperazine rings is 1. The van der Waals surface area contributed by atoms with Crippen molar-refractivity contribution in [1.82, 2.24) is 19.8 Å². The van der Waals surface area contributed by atoms with Gasteiger partial charge in [-0.3, -0.25) is 9.80 Å². The van der Waals surface area contributed by atoms with E-state index < -0.39 is 12.3 Å². The number of aliphatic hydroxyl groups excluding tert-OH is 3. The third-order valence-corrected chi connectivity index (χ3v) is 9.76. The van der Waals surface area contributed by atoms with E-state index in [0.717, 1.165) is 66.1 Å². The van der Waals surface area contributed by atoms with Crippen LogP contribution in [0.15, 0.2) is 55.6 Å². The zero-order valence-corrected chi connectivity index (χ0v) is 26.9. The van der Waals surface area contributed by atoms with Gasteiger partial charge in [0.25, 0.3) is 0 Å². The molecule has 3 aliphatic rings. The molecule has 4 heterocycles. The number of nitriles is 1. The van der Waals surface area contributed by atoms with Crippen molar-refractivity contribution in [2.24, 2.45) is 0 Å². The minimum Gasteiger partial charge on any atom is -0.462 e. The Balaban J connectivity index is 1.32. The predicted octanol–water partition coefficient (Wildman–Crippen LogP) is 2.94. The molecule has 0 aliphatic carbocycles. The Hall–Kier alpha value is -4.05. The van der Waals surface area contributed by atoms with E-state index in [-0.39, 0.29) is 25.1 Å². The molecule has 6 rings (SSSR count). The minimum absolute atomic E-state index is 0.0905. The molecular weight excluding hydrogens is 594 g/mol. The van der Waals surface area contributed by atoms with E-state index in [4.69, 9.17) is 14.7 Å².